The number of nitrogens with zero attached hydrogens (tertiary/aromatic N) is 1. The number of hydrogen-bond acceptors (Lipinski definition) is 2. The summed E-state index contributed by atoms with van der Waals surface area (Å²) in [5.74, 6) is -0.0600. The summed E-state index contributed by atoms with van der Waals surface area (Å²) in [5, 5.41) is 2.64. The Balaban J connectivity index is 2.84. The Morgan fingerprint density at radius 2 is 1.93 bits per heavy atom. The lowest BCUT2D eigenvalue weighted by Gasteiger charge is -2.41. The molecule has 1 heterocycles. The highest BCUT2D eigenvalue weighted by Crippen LogP contribution is 2.25. The molecule has 86 valence electrons. The monoisotopic (exact) mass is 212 g/mol. The van der Waals surface area contributed by atoms with Gasteiger partial charge in [0, 0.05) is 6.04 Å². The average Bonchev–Trinajstić information content (AvgIpc) is 2.08. The zero-order valence-corrected chi connectivity index (χ0v) is 10.1. The largest absolute Gasteiger partial charge is 0.343 e. The van der Waals surface area contributed by atoms with E-state index in [2.05, 4.69) is 26.1 Å². The van der Waals surface area contributed by atoms with Gasteiger partial charge in [-0.1, -0.05) is 20.8 Å². The maximum atomic E-state index is 11.9. The van der Waals surface area contributed by atoms with Crippen molar-refractivity contribution in [2.24, 2.45) is 5.41 Å². The van der Waals surface area contributed by atoms with Gasteiger partial charge in [-0.05, 0) is 19.3 Å². The lowest BCUT2D eigenvalue weighted by atomic mass is 9.86. The molecule has 1 rings (SSSR count). The summed E-state index contributed by atoms with van der Waals surface area (Å²) in [4.78, 5) is 24.9. The second-order valence-corrected chi connectivity index (χ2v) is 5.30. The number of carbonyl (C=O) groups excluding carboxylic acids is 2. The minimum atomic E-state index is -0.393. The van der Waals surface area contributed by atoms with Crippen molar-refractivity contribution in [1.82, 2.24) is 10.2 Å². The molecule has 15 heavy (non-hydrogen) atoms. The van der Waals surface area contributed by atoms with E-state index in [1.807, 2.05) is 6.92 Å². The molecule has 4 nitrogen and oxygen atoms in total. The molecule has 1 N–H and O–H groups in total. The van der Waals surface area contributed by atoms with E-state index in [0.717, 1.165) is 0 Å². The van der Waals surface area contributed by atoms with E-state index in [9.17, 15) is 9.59 Å². The number of nitrogens with one attached hydrogen (secondary N) is 1. The minimum absolute atomic E-state index is 0.00694. The van der Waals surface area contributed by atoms with Gasteiger partial charge in [0.25, 0.3) is 0 Å². The molecule has 1 fully saturated rings. The van der Waals surface area contributed by atoms with Crippen LogP contribution in [0, 0.1) is 5.41 Å². The van der Waals surface area contributed by atoms with Crippen LogP contribution in [0.25, 0.3) is 0 Å². The molecule has 2 unspecified atom stereocenters. The second kappa shape index (κ2) is 3.83. The van der Waals surface area contributed by atoms with E-state index < -0.39 is 6.04 Å². The van der Waals surface area contributed by atoms with E-state index in [0.29, 0.717) is 0 Å². The molecule has 0 saturated carbocycles. The first-order chi connectivity index (χ1) is 6.73. The lowest BCUT2D eigenvalue weighted by Crippen LogP contribution is -2.61. The average molecular weight is 212 g/mol. The third-order valence-corrected chi connectivity index (χ3v) is 3.07. The minimum Gasteiger partial charge on any atom is -0.343 e. The topological polar surface area (TPSA) is 49.4 Å². The van der Waals surface area contributed by atoms with Crippen molar-refractivity contribution >= 4 is 11.8 Å². The highest BCUT2D eigenvalue weighted by molar-refractivity contribution is 5.94. The highest BCUT2D eigenvalue weighted by atomic mass is 16.2. The molecule has 1 aliphatic rings. The van der Waals surface area contributed by atoms with Crippen LogP contribution in [0.5, 0.6) is 0 Å². The van der Waals surface area contributed by atoms with Crippen LogP contribution < -0.4 is 5.32 Å². The summed E-state index contributed by atoms with van der Waals surface area (Å²) in [5.41, 5.74) is -0.00694. The van der Waals surface area contributed by atoms with Gasteiger partial charge in [0.15, 0.2) is 0 Å². The highest BCUT2D eigenvalue weighted by Gasteiger charge is 2.36. The molecule has 2 amide bonds. The van der Waals surface area contributed by atoms with Gasteiger partial charge >= 0.3 is 0 Å². The van der Waals surface area contributed by atoms with Crippen molar-refractivity contribution < 1.29 is 9.59 Å². The molecule has 0 aliphatic carbocycles. The number of hydrogen-bond donors (Lipinski definition) is 1. The third kappa shape index (κ3) is 2.49. The molecule has 1 aliphatic heterocycles. The predicted molar refractivity (Wildman–Crippen MR) is 58.2 cm³/mol. The molecule has 0 aromatic carbocycles. The smallest absolute Gasteiger partial charge is 0.245 e. The summed E-state index contributed by atoms with van der Waals surface area (Å²) in [6.45, 7) is 10.1. The van der Waals surface area contributed by atoms with Gasteiger partial charge in [0.05, 0.1) is 6.54 Å². The van der Waals surface area contributed by atoms with Gasteiger partial charge in [-0.2, -0.15) is 0 Å². The summed E-state index contributed by atoms with van der Waals surface area (Å²) in [7, 11) is 0. The van der Waals surface area contributed by atoms with Crippen LogP contribution in [0.2, 0.25) is 0 Å². The van der Waals surface area contributed by atoms with Gasteiger partial charge in [-0.25, -0.2) is 0 Å². The first kappa shape index (κ1) is 12.0. The molecule has 0 spiro atoms. The van der Waals surface area contributed by atoms with Crippen LogP contribution in [0.15, 0.2) is 0 Å². The van der Waals surface area contributed by atoms with E-state index >= 15 is 0 Å². The van der Waals surface area contributed by atoms with Gasteiger partial charge in [0.2, 0.25) is 11.8 Å². The lowest BCUT2D eigenvalue weighted by molar-refractivity contribution is -0.147. The quantitative estimate of drug-likeness (QED) is 0.698. The Kier molecular flexibility index (Phi) is 3.07. The fraction of sp³-hybridized carbons (Fsp3) is 0.818. The molecule has 0 bridgehead atoms. The van der Waals surface area contributed by atoms with E-state index in [1.54, 1.807) is 11.8 Å². The number of piperazine rings is 1. The van der Waals surface area contributed by atoms with Gasteiger partial charge in [0.1, 0.15) is 6.04 Å². The summed E-state index contributed by atoms with van der Waals surface area (Å²) >= 11 is 0. The van der Waals surface area contributed by atoms with Gasteiger partial charge in [-0.3, -0.25) is 9.59 Å². The van der Waals surface area contributed by atoms with Crippen molar-refractivity contribution in [2.75, 3.05) is 6.54 Å². The van der Waals surface area contributed by atoms with Crippen molar-refractivity contribution in [3.8, 4) is 0 Å². The number of carbonyl (C=O) groups is 2. The van der Waals surface area contributed by atoms with Crippen molar-refractivity contribution in [3.05, 3.63) is 0 Å². The molecule has 1 saturated heterocycles. The van der Waals surface area contributed by atoms with Crippen LogP contribution in [0.3, 0.4) is 0 Å². The summed E-state index contributed by atoms with van der Waals surface area (Å²) < 4.78 is 0. The van der Waals surface area contributed by atoms with E-state index in [-0.39, 0.29) is 29.8 Å². The van der Waals surface area contributed by atoms with Crippen LogP contribution >= 0.6 is 0 Å². The Bertz CT molecular complexity index is 281. The molecule has 0 aromatic heterocycles. The SMILES string of the molecule is CC1NC(=O)CN(C(C)C(C)(C)C)C1=O. The standard InChI is InChI=1S/C11H20N2O2/c1-7-10(15)13(6-9(14)12-7)8(2)11(3,4)5/h7-8H,6H2,1-5H3,(H,12,14). The first-order valence-electron chi connectivity index (χ1n) is 5.33. The fourth-order valence-electron chi connectivity index (χ4n) is 1.63. The van der Waals surface area contributed by atoms with Crippen LogP contribution in [-0.4, -0.2) is 35.3 Å². The predicted octanol–water partition coefficient (Wildman–Crippen LogP) is 0.768. The first-order valence-corrected chi connectivity index (χ1v) is 5.33. The molecule has 2 atom stereocenters. The molecule has 0 radical (unpaired) electrons. The molecule has 0 aromatic rings. The Morgan fingerprint density at radius 3 is 2.40 bits per heavy atom. The summed E-state index contributed by atoms with van der Waals surface area (Å²) in [6, 6.07) is -0.324. The van der Waals surface area contributed by atoms with Crippen LogP contribution in [-0.2, 0) is 9.59 Å². The molecule has 4 heteroatoms. The van der Waals surface area contributed by atoms with E-state index in [1.165, 1.54) is 0 Å². The summed E-state index contributed by atoms with van der Waals surface area (Å²) in [6.07, 6.45) is 0. The molecular weight excluding hydrogens is 192 g/mol. The second-order valence-electron chi connectivity index (χ2n) is 5.30. The third-order valence-electron chi connectivity index (χ3n) is 3.07. The Hall–Kier alpha value is -1.06. The van der Waals surface area contributed by atoms with Crippen LogP contribution in [0.1, 0.15) is 34.6 Å². The zero-order chi connectivity index (χ0) is 11.8. The normalized spacial score (nSPS) is 25.1. The van der Waals surface area contributed by atoms with E-state index in [4.69, 9.17) is 0 Å². The number of amides is 2. The Morgan fingerprint density at radius 1 is 1.40 bits per heavy atom. The zero-order valence-electron chi connectivity index (χ0n) is 10.1. The van der Waals surface area contributed by atoms with Crippen LogP contribution in [0.4, 0.5) is 0 Å². The van der Waals surface area contributed by atoms with Gasteiger partial charge < -0.3 is 10.2 Å². The Labute approximate surface area is 91.0 Å². The van der Waals surface area contributed by atoms with Crippen molar-refractivity contribution in [2.45, 2.75) is 46.7 Å². The fourth-order valence-corrected chi connectivity index (χ4v) is 1.63. The maximum Gasteiger partial charge on any atom is 0.245 e. The molecular formula is C11H20N2O2. The maximum absolute atomic E-state index is 11.9. The number of rotatable bonds is 1. The van der Waals surface area contributed by atoms with Gasteiger partial charge in [-0.15, -0.1) is 0 Å². The van der Waals surface area contributed by atoms with Crippen molar-refractivity contribution in [3.63, 3.8) is 0 Å². The van der Waals surface area contributed by atoms with Crippen molar-refractivity contribution in [1.29, 1.82) is 0 Å².